The maximum absolute atomic E-state index is 5.80. The van der Waals surface area contributed by atoms with Gasteiger partial charge >= 0.3 is 0 Å². The first-order valence-electron chi connectivity index (χ1n) is 4.80. The number of nitrogens with two attached hydrogens (primary N) is 1. The molecule has 0 spiro atoms. The van der Waals surface area contributed by atoms with Gasteiger partial charge in [0.1, 0.15) is 6.61 Å². The molecule has 0 aliphatic carbocycles. The molecule has 0 radical (unpaired) electrons. The molecule has 0 bridgehead atoms. The first-order valence-corrected chi connectivity index (χ1v) is 4.80. The Labute approximate surface area is 83.6 Å². The van der Waals surface area contributed by atoms with Crippen LogP contribution in [0.3, 0.4) is 0 Å². The van der Waals surface area contributed by atoms with Crippen LogP contribution in [0.4, 0.5) is 0 Å². The summed E-state index contributed by atoms with van der Waals surface area (Å²) in [4.78, 5) is 4.26. The molecule has 1 aromatic rings. The first-order chi connectivity index (χ1) is 6.77. The average Bonchev–Trinajstić information content (AvgIpc) is 2.71. The molecule has 0 aromatic heterocycles. The summed E-state index contributed by atoms with van der Waals surface area (Å²) >= 11 is 0. The molecule has 2 rings (SSSR count). The van der Waals surface area contributed by atoms with Crippen LogP contribution in [-0.2, 0) is 4.74 Å². The molecule has 0 saturated carbocycles. The zero-order valence-electron chi connectivity index (χ0n) is 8.23. The monoisotopic (exact) mass is 190 g/mol. The van der Waals surface area contributed by atoms with Crippen molar-refractivity contribution in [3.05, 3.63) is 35.4 Å². The fourth-order valence-electron chi connectivity index (χ4n) is 1.46. The van der Waals surface area contributed by atoms with Crippen LogP contribution in [0.15, 0.2) is 29.3 Å². The van der Waals surface area contributed by atoms with Crippen molar-refractivity contribution in [2.45, 2.75) is 13.0 Å². The molecule has 1 aliphatic rings. The number of hydrogen-bond acceptors (Lipinski definition) is 3. The maximum Gasteiger partial charge on any atom is 0.216 e. The second kappa shape index (κ2) is 3.80. The summed E-state index contributed by atoms with van der Waals surface area (Å²) < 4.78 is 5.38. The minimum atomic E-state index is 0.0527. The van der Waals surface area contributed by atoms with Crippen molar-refractivity contribution in [3.8, 4) is 0 Å². The Morgan fingerprint density at radius 2 is 2.36 bits per heavy atom. The molecular weight excluding hydrogens is 176 g/mol. The van der Waals surface area contributed by atoms with Crippen LogP contribution in [0.1, 0.15) is 24.1 Å². The Hall–Kier alpha value is -1.35. The molecule has 1 heterocycles. The van der Waals surface area contributed by atoms with Crippen molar-refractivity contribution >= 4 is 5.90 Å². The van der Waals surface area contributed by atoms with E-state index < -0.39 is 0 Å². The van der Waals surface area contributed by atoms with Gasteiger partial charge in [-0.25, -0.2) is 4.99 Å². The maximum atomic E-state index is 5.80. The molecule has 3 nitrogen and oxygen atoms in total. The Kier molecular flexibility index (Phi) is 2.50. The highest BCUT2D eigenvalue weighted by Crippen LogP contribution is 2.14. The fraction of sp³-hybridized carbons (Fsp3) is 0.364. The molecule has 74 valence electrons. The second-order valence-corrected chi connectivity index (χ2v) is 3.45. The van der Waals surface area contributed by atoms with Crippen LogP contribution >= 0.6 is 0 Å². The summed E-state index contributed by atoms with van der Waals surface area (Å²) in [5.41, 5.74) is 7.94. The Morgan fingerprint density at radius 1 is 1.50 bits per heavy atom. The van der Waals surface area contributed by atoms with Gasteiger partial charge < -0.3 is 10.5 Å². The van der Waals surface area contributed by atoms with Crippen LogP contribution in [0.25, 0.3) is 0 Å². The van der Waals surface area contributed by atoms with Crippen LogP contribution in [0.2, 0.25) is 0 Å². The van der Waals surface area contributed by atoms with Crippen LogP contribution < -0.4 is 5.73 Å². The van der Waals surface area contributed by atoms with E-state index in [2.05, 4.69) is 4.99 Å². The van der Waals surface area contributed by atoms with E-state index in [4.69, 9.17) is 10.5 Å². The van der Waals surface area contributed by atoms with Crippen molar-refractivity contribution in [2.24, 2.45) is 10.7 Å². The van der Waals surface area contributed by atoms with E-state index in [-0.39, 0.29) is 6.04 Å². The molecular formula is C11H14N2O. The zero-order valence-corrected chi connectivity index (χ0v) is 8.23. The quantitative estimate of drug-likeness (QED) is 0.768. The lowest BCUT2D eigenvalue weighted by Crippen LogP contribution is -2.07. The Balaban J connectivity index is 2.30. The van der Waals surface area contributed by atoms with E-state index in [0.717, 1.165) is 23.6 Å². The van der Waals surface area contributed by atoms with Crippen molar-refractivity contribution in [3.63, 3.8) is 0 Å². The number of hydrogen-bond donors (Lipinski definition) is 1. The first kappa shape index (κ1) is 9.21. The van der Waals surface area contributed by atoms with Crippen molar-refractivity contribution < 1.29 is 4.74 Å². The third-order valence-corrected chi connectivity index (χ3v) is 2.24. The van der Waals surface area contributed by atoms with Gasteiger partial charge in [0, 0.05) is 11.6 Å². The van der Waals surface area contributed by atoms with Gasteiger partial charge in [-0.2, -0.15) is 0 Å². The Morgan fingerprint density at radius 3 is 3.00 bits per heavy atom. The lowest BCUT2D eigenvalue weighted by atomic mass is 10.1. The molecule has 1 atom stereocenters. The number of nitrogens with zero attached hydrogens (tertiary/aromatic N) is 1. The minimum absolute atomic E-state index is 0.0527. The van der Waals surface area contributed by atoms with Gasteiger partial charge in [0.2, 0.25) is 5.90 Å². The largest absolute Gasteiger partial charge is 0.476 e. The summed E-state index contributed by atoms with van der Waals surface area (Å²) in [5, 5.41) is 0. The lowest BCUT2D eigenvalue weighted by molar-refractivity contribution is 0.348. The average molecular weight is 190 g/mol. The second-order valence-electron chi connectivity index (χ2n) is 3.45. The van der Waals surface area contributed by atoms with E-state index >= 15 is 0 Å². The minimum Gasteiger partial charge on any atom is -0.476 e. The summed E-state index contributed by atoms with van der Waals surface area (Å²) in [6.45, 7) is 3.42. The third-order valence-electron chi connectivity index (χ3n) is 2.24. The van der Waals surface area contributed by atoms with Crippen LogP contribution in [-0.4, -0.2) is 19.0 Å². The van der Waals surface area contributed by atoms with E-state index in [9.17, 15) is 0 Å². The molecule has 2 N–H and O–H groups in total. The topological polar surface area (TPSA) is 47.6 Å². The van der Waals surface area contributed by atoms with Crippen molar-refractivity contribution in [1.82, 2.24) is 0 Å². The standard InChI is InChI=1S/C11H14N2O/c1-8(12)9-3-2-4-10(7-9)11-13-5-6-14-11/h2-4,7-8H,5-6,12H2,1H3. The van der Waals surface area contributed by atoms with Gasteiger partial charge in [-0.05, 0) is 24.6 Å². The van der Waals surface area contributed by atoms with E-state index in [1.165, 1.54) is 0 Å². The summed E-state index contributed by atoms with van der Waals surface area (Å²) in [6, 6.07) is 8.09. The van der Waals surface area contributed by atoms with E-state index in [0.29, 0.717) is 6.61 Å². The predicted molar refractivity (Wildman–Crippen MR) is 56.4 cm³/mol. The molecule has 1 aromatic carbocycles. The lowest BCUT2D eigenvalue weighted by Gasteiger charge is -2.07. The summed E-state index contributed by atoms with van der Waals surface area (Å²) in [6.07, 6.45) is 0. The summed E-state index contributed by atoms with van der Waals surface area (Å²) in [7, 11) is 0. The van der Waals surface area contributed by atoms with Gasteiger partial charge in [0.15, 0.2) is 0 Å². The SMILES string of the molecule is CC(N)c1cccc(C2=NCCO2)c1. The zero-order chi connectivity index (χ0) is 9.97. The number of ether oxygens (including phenoxy) is 1. The van der Waals surface area contributed by atoms with E-state index in [1.54, 1.807) is 0 Å². The third kappa shape index (κ3) is 1.77. The normalized spacial score (nSPS) is 17.4. The number of aliphatic imine (C=N–C) groups is 1. The Bertz CT molecular complexity index is 358. The molecule has 0 fully saturated rings. The highest BCUT2D eigenvalue weighted by Gasteiger charge is 2.10. The number of benzene rings is 1. The van der Waals surface area contributed by atoms with Gasteiger partial charge in [-0.15, -0.1) is 0 Å². The smallest absolute Gasteiger partial charge is 0.216 e. The van der Waals surface area contributed by atoms with Crippen molar-refractivity contribution in [1.29, 1.82) is 0 Å². The molecule has 1 unspecified atom stereocenters. The highest BCUT2D eigenvalue weighted by molar-refractivity contribution is 5.95. The fourth-order valence-corrected chi connectivity index (χ4v) is 1.46. The van der Waals surface area contributed by atoms with Gasteiger partial charge in [0.05, 0.1) is 6.54 Å². The summed E-state index contributed by atoms with van der Waals surface area (Å²) in [5.74, 6) is 0.743. The van der Waals surface area contributed by atoms with E-state index in [1.807, 2.05) is 31.2 Å². The van der Waals surface area contributed by atoms with Gasteiger partial charge in [-0.1, -0.05) is 12.1 Å². The molecule has 0 amide bonds. The molecule has 3 heteroatoms. The predicted octanol–water partition coefficient (Wildman–Crippen LogP) is 1.48. The van der Waals surface area contributed by atoms with Crippen molar-refractivity contribution in [2.75, 3.05) is 13.2 Å². The molecule has 14 heavy (non-hydrogen) atoms. The highest BCUT2D eigenvalue weighted by atomic mass is 16.5. The molecule has 1 aliphatic heterocycles. The van der Waals surface area contributed by atoms with Crippen LogP contribution in [0, 0.1) is 0 Å². The van der Waals surface area contributed by atoms with Gasteiger partial charge in [-0.3, -0.25) is 0 Å². The number of rotatable bonds is 2. The molecule has 0 saturated heterocycles. The van der Waals surface area contributed by atoms with Crippen LogP contribution in [0.5, 0.6) is 0 Å². The van der Waals surface area contributed by atoms with Gasteiger partial charge in [0.25, 0.3) is 0 Å².